The van der Waals surface area contributed by atoms with Crippen molar-refractivity contribution in [2.24, 2.45) is 20.7 Å². The molecule has 0 spiro atoms. The van der Waals surface area contributed by atoms with Crippen molar-refractivity contribution in [1.29, 1.82) is 0 Å². The number of sulfonamides is 1. The fourth-order valence-electron chi connectivity index (χ4n) is 4.17. The maximum atomic E-state index is 13.6. The predicted octanol–water partition coefficient (Wildman–Crippen LogP) is 2.41. The van der Waals surface area contributed by atoms with Gasteiger partial charge in [-0.05, 0) is 42.0 Å². The van der Waals surface area contributed by atoms with Gasteiger partial charge in [0.05, 0.1) is 30.1 Å². The molecule has 12 nitrogen and oxygen atoms in total. The van der Waals surface area contributed by atoms with E-state index < -0.39 is 34.1 Å². The van der Waals surface area contributed by atoms with E-state index in [1.807, 2.05) is 0 Å². The number of hydrogen-bond donors (Lipinski definition) is 2. The molecule has 2 aromatic rings. The molecule has 1 saturated heterocycles. The average molecular weight is 620 g/mol. The van der Waals surface area contributed by atoms with Crippen LogP contribution in [0, 0.1) is 0 Å². The van der Waals surface area contributed by atoms with Gasteiger partial charge in [0.25, 0.3) is 0 Å². The van der Waals surface area contributed by atoms with E-state index in [-0.39, 0.29) is 36.9 Å². The molecule has 1 fully saturated rings. The van der Waals surface area contributed by atoms with Crippen LogP contribution in [0.4, 0.5) is 13.2 Å². The molecule has 4 rings (SSSR count). The molecule has 2 heterocycles. The molecular formula is C27H28F3N7O5S. The number of rotatable bonds is 9. The molecular weight excluding hydrogens is 591 g/mol. The number of carbonyl (C=O) groups excluding carboxylic acids is 1. The van der Waals surface area contributed by atoms with Gasteiger partial charge in [-0.3, -0.25) is 4.79 Å². The molecule has 0 aromatic heterocycles. The number of ether oxygens (including phenoxy) is 2. The van der Waals surface area contributed by atoms with Crippen LogP contribution >= 0.6 is 0 Å². The van der Waals surface area contributed by atoms with Gasteiger partial charge in [0, 0.05) is 26.2 Å². The zero-order valence-electron chi connectivity index (χ0n) is 22.9. The molecule has 16 heteroatoms. The van der Waals surface area contributed by atoms with Crippen molar-refractivity contribution in [1.82, 2.24) is 14.5 Å². The number of aliphatic imine (C=N–C) groups is 3. The minimum absolute atomic E-state index is 0.0944. The van der Waals surface area contributed by atoms with Gasteiger partial charge in [-0.2, -0.15) is 4.31 Å². The summed E-state index contributed by atoms with van der Waals surface area (Å²) < 4.78 is 75.0. The number of hydrogen-bond acceptors (Lipinski definition) is 10. The molecule has 2 aliphatic rings. The number of alkyl halides is 3. The third-order valence-corrected chi connectivity index (χ3v) is 8.32. The summed E-state index contributed by atoms with van der Waals surface area (Å²) in [7, 11) is -2.81. The molecule has 1 amide bonds. The largest absolute Gasteiger partial charge is 0.573 e. The van der Waals surface area contributed by atoms with E-state index in [1.165, 1.54) is 25.9 Å². The first-order valence-corrected chi connectivity index (χ1v) is 14.1. The number of nitrogens with zero attached hydrogens (tertiary/aromatic N) is 5. The highest BCUT2D eigenvalue weighted by Gasteiger charge is 2.40. The van der Waals surface area contributed by atoms with Gasteiger partial charge in [-0.25, -0.2) is 23.4 Å². The number of carbonyl (C=O) groups is 1. The lowest BCUT2D eigenvalue weighted by Gasteiger charge is -2.40. The number of piperazine rings is 1. The van der Waals surface area contributed by atoms with Gasteiger partial charge in [0.15, 0.2) is 0 Å². The lowest BCUT2D eigenvalue weighted by atomic mass is 10.1. The van der Waals surface area contributed by atoms with Crippen molar-refractivity contribution < 1.29 is 35.9 Å². The maximum absolute atomic E-state index is 13.6. The van der Waals surface area contributed by atoms with E-state index in [0.717, 1.165) is 34.1 Å². The third-order valence-electron chi connectivity index (χ3n) is 6.40. The quantitative estimate of drug-likeness (QED) is 0.438. The Kier molecular flexibility index (Phi) is 9.50. The van der Waals surface area contributed by atoms with E-state index in [0.29, 0.717) is 17.2 Å². The lowest BCUT2D eigenvalue weighted by molar-refractivity contribution is -0.274. The van der Waals surface area contributed by atoms with Crippen molar-refractivity contribution in [2.45, 2.75) is 23.8 Å². The SMILES string of the molecule is C=C1N=CN=C/C1=N/C=C(\N)N1CCN(S(=O)(=O)c2ccc(OC(F)(F)F)cc2)[C@@H](C(=O)NCc2ccc(OC)cc2)C1. The van der Waals surface area contributed by atoms with E-state index in [9.17, 15) is 26.4 Å². The second-order valence-corrected chi connectivity index (χ2v) is 11.1. The van der Waals surface area contributed by atoms with Crippen molar-refractivity contribution in [3.63, 3.8) is 0 Å². The number of nitrogens with one attached hydrogen (secondary N) is 1. The number of methoxy groups -OCH3 is 1. The maximum Gasteiger partial charge on any atom is 0.573 e. The molecule has 2 aromatic carbocycles. The van der Waals surface area contributed by atoms with Gasteiger partial charge < -0.3 is 25.4 Å². The Hall–Kier alpha value is -4.70. The van der Waals surface area contributed by atoms with Gasteiger partial charge in [-0.1, -0.05) is 18.7 Å². The smallest absolute Gasteiger partial charge is 0.497 e. The zero-order valence-corrected chi connectivity index (χ0v) is 23.7. The summed E-state index contributed by atoms with van der Waals surface area (Å²) in [6.45, 7) is 3.66. The number of benzene rings is 2. The van der Waals surface area contributed by atoms with E-state index in [4.69, 9.17) is 10.5 Å². The van der Waals surface area contributed by atoms with Gasteiger partial charge >= 0.3 is 6.36 Å². The number of allylic oxidation sites excluding steroid dienone is 1. The van der Waals surface area contributed by atoms with Crippen molar-refractivity contribution in [2.75, 3.05) is 26.7 Å². The van der Waals surface area contributed by atoms with Crippen molar-refractivity contribution >= 4 is 34.2 Å². The summed E-state index contributed by atoms with van der Waals surface area (Å²) in [6, 6.07) is 9.44. The zero-order chi connectivity index (χ0) is 31.2. The van der Waals surface area contributed by atoms with Gasteiger partial charge in [-0.15, -0.1) is 13.2 Å². The van der Waals surface area contributed by atoms with Gasteiger partial charge in [0.1, 0.15) is 35.4 Å². The summed E-state index contributed by atoms with van der Waals surface area (Å²) in [5, 5.41) is 2.75. The molecule has 228 valence electrons. The molecule has 1 atom stereocenters. The molecule has 0 saturated carbocycles. The van der Waals surface area contributed by atoms with Crippen LogP contribution in [0.3, 0.4) is 0 Å². The van der Waals surface area contributed by atoms with E-state index in [2.05, 4.69) is 31.6 Å². The number of halogens is 3. The Balaban J connectivity index is 1.57. The van der Waals surface area contributed by atoms with E-state index in [1.54, 1.807) is 29.2 Å². The molecule has 3 N–H and O–H groups in total. The highest BCUT2D eigenvalue weighted by atomic mass is 32.2. The number of amides is 1. The van der Waals surface area contributed by atoms with Crippen LogP contribution in [0.5, 0.6) is 11.5 Å². The highest BCUT2D eigenvalue weighted by molar-refractivity contribution is 7.89. The second-order valence-electron chi connectivity index (χ2n) is 9.20. The fourth-order valence-corrected chi connectivity index (χ4v) is 5.74. The minimum Gasteiger partial charge on any atom is -0.497 e. The van der Waals surface area contributed by atoms with Crippen LogP contribution in [-0.4, -0.2) is 80.9 Å². The molecule has 2 aliphatic heterocycles. The first-order valence-electron chi connectivity index (χ1n) is 12.7. The van der Waals surface area contributed by atoms with Crippen LogP contribution < -0.4 is 20.5 Å². The lowest BCUT2D eigenvalue weighted by Crippen LogP contribution is -2.60. The Morgan fingerprint density at radius 1 is 1.16 bits per heavy atom. The highest BCUT2D eigenvalue weighted by Crippen LogP contribution is 2.27. The summed E-state index contributed by atoms with van der Waals surface area (Å²) in [6.07, 6.45) is -0.834. The van der Waals surface area contributed by atoms with Crippen LogP contribution in [0.25, 0.3) is 0 Å². The first-order chi connectivity index (χ1) is 20.4. The predicted molar refractivity (Wildman–Crippen MR) is 153 cm³/mol. The Labute approximate surface area is 245 Å². The van der Waals surface area contributed by atoms with Crippen LogP contribution in [0.1, 0.15) is 5.56 Å². The van der Waals surface area contributed by atoms with Crippen LogP contribution in [-0.2, 0) is 21.4 Å². The monoisotopic (exact) mass is 619 g/mol. The molecule has 0 aliphatic carbocycles. The molecule has 43 heavy (non-hydrogen) atoms. The summed E-state index contributed by atoms with van der Waals surface area (Å²) in [4.78, 5) is 26.8. The summed E-state index contributed by atoms with van der Waals surface area (Å²) >= 11 is 0. The topological polar surface area (TPSA) is 151 Å². The average Bonchev–Trinajstić information content (AvgIpc) is 2.98. The first kappa shape index (κ1) is 31.2. The summed E-state index contributed by atoms with van der Waals surface area (Å²) in [5.74, 6) is -0.409. The van der Waals surface area contributed by atoms with E-state index >= 15 is 0 Å². The summed E-state index contributed by atoms with van der Waals surface area (Å²) in [5.41, 5.74) is 7.73. The number of nitrogens with two attached hydrogens (primary N) is 1. The van der Waals surface area contributed by atoms with Crippen LogP contribution in [0.15, 0.2) is 92.7 Å². The third kappa shape index (κ3) is 7.98. The molecule has 0 bridgehead atoms. The fraction of sp³-hybridized carbons (Fsp3) is 0.259. The van der Waals surface area contributed by atoms with Crippen molar-refractivity contribution in [3.05, 3.63) is 78.4 Å². The second kappa shape index (κ2) is 13.1. The minimum atomic E-state index is -4.94. The van der Waals surface area contributed by atoms with Crippen LogP contribution in [0.2, 0.25) is 0 Å². The standard InChI is InChI=1S/C27H28F3N7O5S/c1-18-23(14-32-17-35-18)33-15-25(31)36-11-12-37(43(39,40)22-9-7-21(8-10-22)42-27(28,29)30)24(16-36)26(38)34-13-19-3-5-20(41-2)6-4-19/h3-10,14-15,17,24H,1,11-13,16,31H2,2H3,(H,34,38)/b25-15+,33-23-/t24-/m1/s1. The molecule has 0 unspecified atom stereocenters. The Morgan fingerprint density at radius 2 is 1.84 bits per heavy atom. The van der Waals surface area contributed by atoms with Crippen molar-refractivity contribution in [3.8, 4) is 11.5 Å². The van der Waals surface area contributed by atoms with Gasteiger partial charge in [0.2, 0.25) is 15.9 Å². The Morgan fingerprint density at radius 3 is 2.47 bits per heavy atom. The normalized spacial score (nSPS) is 19.0. The Bertz CT molecular complexity index is 1570. The molecule has 0 radical (unpaired) electrons.